The second-order valence-electron chi connectivity index (χ2n) is 3.40. The number of methoxy groups -OCH3 is 1. The van der Waals surface area contributed by atoms with Crippen molar-refractivity contribution in [3.05, 3.63) is 22.8 Å². The molecule has 76 valence electrons. The molecule has 0 atom stereocenters. The van der Waals surface area contributed by atoms with E-state index in [-0.39, 0.29) is 0 Å². The number of hydrogen-bond donors (Lipinski definition) is 1. The zero-order valence-electron chi connectivity index (χ0n) is 8.63. The van der Waals surface area contributed by atoms with Crippen molar-refractivity contribution in [2.24, 2.45) is 0 Å². The first-order chi connectivity index (χ1) is 6.85. The Labute approximate surface area is 83.7 Å². The molecule has 4 heteroatoms. The largest absolute Gasteiger partial charge is 0.377 e. The number of fused-ring (bicyclic) bond motifs is 1. The number of nitrogens with one attached hydrogen (secondary N) is 1. The summed E-state index contributed by atoms with van der Waals surface area (Å²) in [6.07, 6.45) is 0.962. The molecule has 1 aromatic rings. The van der Waals surface area contributed by atoms with Gasteiger partial charge >= 0.3 is 0 Å². The fourth-order valence-electron chi connectivity index (χ4n) is 1.78. The van der Waals surface area contributed by atoms with Crippen LogP contribution < -0.4 is 5.32 Å². The second kappa shape index (κ2) is 4.02. The van der Waals surface area contributed by atoms with Crippen LogP contribution in [0.15, 0.2) is 0 Å². The Kier molecular flexibility index (Phi) is 2.74. The van der Waals surface area contributed by atoms with Gasteiger partial charge in [0.05, 0.1) is 5.69 Å². The van der Waals surface area contributed by atoms with Crippen LogP contribution >= 0.6 is 0 Å². The molecular weight excluding hydrogens is 178 g/mol. The van der Waals surface area contributed by atoms with Crippen molar-refractivity contribution >= 4 is 0 Å². The lowest BCUT2D eigenvalue weighted by Gasteiger charge is -2.06. The molecule has 1 aromatic heterocycles. The highest BCUT2D eigenvalue weighted by molar-refractivity contribution is 5.29. The molecule has 14 heavy (non-hydrogen) atoms. The zero-order valence-corrected chi connectivity index (χ0v) is 8.63. The molecule has 0 fully saturated rings. The van der Waals surface area contributed by atoms with E-state index in [0.717, 1.165) is 36.7 Å². The molecule has 0 spiro atoms. The zero-order chi connectivity index (χ0) is 9.97. The highest BCUT2D eigenvalue weighted by Gasteiger charge is 2.17. The number of ether oxygens (including phenoxy) is 1. The molecule has 0 saturated carbocycles. The van der Waals surface area contributed by atoms with Gasteiger partial charge in [-0.2, -0.15) is 0 Å². The van der Waals surface area contributed by atoms with Gasteiger partial charge in [-0.3, -0.25) is 0 Å². The summed E-state index contributed by atoms with van der Waals surface area (Å²) >= 11 is 0. The Morgan fingerprint density at radius 3 is 2.93 bits per heavy atom. The Balaban J connectivity index is 2.39. The monoisotopic (exact) mass is 193 g/mol. The molecule has 4 nitrogen and oxygen atoms in total. The minimum atomic E-state index is 0.500. The van der Waals surface area contributed by atoms with Crippen molar-refractivity contribution in [3.8, 4) is 0 Å². The highest BCUT2D eigenvalue weighted by atomic mass is 16.5. The van der Waals surface area contributed by atoms with E-state index in [4.69, 9.17) is 4.74 Å². The molecule has 0 amide bonds. The Morgan fingerprint density at radius 1 is 1.36 bits per heavy atom. The fourth-order valence-corrected chi connectivity index (χ4v) is 1.78. The van der Waals surface area contributed by atoms with Gasteiger partial charge < -0.3 is 10.1 Å². The molecule has 0 radical (unpaired) electrons. The van der Waals surface area contributed by atoms with Crippen LogP contribution in [0.2, 0.25) is 0 Å². The van der Waals surface area contributed by atoms with E-state index < -0.39 is 0 Å². The van der Waals surface area contributed by atoms with Crippen molar-refractivity contribution in [1.82, 2.24) is 15.3 Å². The molecular formula is C10H15N3O. The highest BCUT2D eigenvalue weighted by Crippen LogP contribution is 2.17. The molecule has 2 heterocycles. The Morgan fingerprint density at radius 2 is 2.21 bits per heavy atom. The van der Waals surface area contributed by atoms with Crippen LogP contribution in [0.25, 0.3) is 0 Å². The van der Waals surface area contributed by atoms with Crippen molar-refractivity contribution in [3.63, 3.8) is 0 Å². The second-order valence-corrected chi connectivity index (χ2v) is 3.40. The molecule has 0 unspecified atom stereocenters. The quantitative estimate of drug-likeness (QED) is 0.771. The number of hydrogen-bond acceptors (Lipinski definition) is 4. The van der Waals surface area contributed by atoms with E-state index in [1.165, 1.54) is 5.56 Å². The van der Waals surface area contributed by atoms with E-state index in [2.05, 4.69) is 22.2 Å². The molecule has 1 N–H and O–H groups in total. The standard InChI is InChI=1S/C10H15N3O/c1-3-8-7-4-11-5-9(7)13-10(12-8)6-14-2/h11H,3-6H2,1-2H3. The summed E-state index contributed by atoms with van der Waals surface area (Å²) in [7, 11) is 1.67. The van der Waals surface area contributed by atoms with Gasteiger partial charge in [0.25, 0.3) is 0 Å². The predicted octanol–water partition coefficient (Wildman–Crippen LogP) is 0.789. The fraction of sp³-hybridized carbons (Fsp3) is 0.600. The third-order valence-corrected chi connectivity index (χ3v) is 2.43. The normalized spacial score (nSPS) is 14.4. The molecule has 2 rings (SSSR count). The summed E-state index contributed by atoms with van der Waals surface area (Å²) in [4.78, 5) is 8.93. The van der Waals surface area contributed by atoms with Gasteiger partial charge in [0.2, 0.25) is 0 Å². The maximum absolute atomic E-state index is 5.04. The van der Waals surface area contributed by atoms with Crippen molar-refractivity contribution in [1.29, 1.82) is 0 Å². The number of aromatic nitrogens is 2. The summed E-state index contributed by atoms with van der Waals surface area (Å²) in [5, 5.41) is 3.29. The van der Waals surface area contributed by atoms with E-state index in [1.807, 2.05) is 0 Å². The number of rotatable bonds is 3. The molecule has 0 aliphatic carbocycles. The van der Waals surface area contributed by atoms with Gasteiger partial charge in [-0.25, -0.2) is 9.97 Å². The molecule has 0 saturated heterocycles. The van der Waals surface area contributed by atoms with E-state index in [0.29, 0.717) is 6.61 Å². The number of nitrogens with zero attached hydrogens (tertiary/aromatic N) is 2. The van der Waals surface area contributed by atoms with Gasteiger partial charge in [0, 0.05) is 31.5 Å². The van der Waals surface area contributed by atoms with Gasteiger partial charge in [-0.15, -0.1) is 0 Å². The lowest BCUT2D eigenvalue weighted by atomic mass is 10.1. The minimum Gasteiger partial charge on any atom is -0.377 e. The van der Waals surface area contributed by atoms with Gasteiger partial charge in [0.15, 0.2) is 5.82 Å². The summed E-state index contributed by atoms with van der Waals surface area (Å²) in [6.45, 7) is 4.39. The van der Waals surface area contributed by atoms with Crippen LogP contribution in [-0.2, 0) is 30.9 Å². The third-order valence-electron chi connectivity index (χ3n) is 2.43. The van der Waals surface area contributed by atoms with E-state index >= 15 is 0 Å². The summed E-state index contributed by atoms with van der Waals surface area (Å²) in [5.41, 5.74) is 3.59. The van der Waals surface area contributed by atoms with Gasteiger partial charge in [-0.1, -0.05) is 6.92 Å². The smallest absolute Gasteiger partial charge is 0.154 e. The van der Waals surface area contributed by atoms with Crippen molar-refractivity contribution < 1.29 is 4.74 Å². The average molecular weight is 193 g/mol. The maximum Gasteiger partial charge on any atom is 0.154 e. The van der Waals surface area contributed by atoms with Crippen LogP contribution in [0.4, 0.5) is 0 Å². The van der Waals surface area contributed by atoms with Crippen LogP contribution in [0.5, 0.6) is 0 Å². The molecule has 1 aliphatic rings. The van der Waals surface area contributed by atoms with E-state index in [1.54, 1.807) is 7.11 Å². The van der Waals surface area contributed by atoms with E-state index in [9.17, 15) is 0 Å². The first-order valence-electron chi connectivity index (χ1n) is 4.92. The van der Waals surface area contributed by atoms with Crippen molar-refractivity contribution in [2.45, 2.75) is 33.0 Å². The van der Waals surface area contributed by atoms with Crippen molar-refractivity contribution in [2.75, 3.05) is 7.11 Å². The first-order valence-corrected chi connectivity index (χ1v) is 4.92. The third kappa shape index (κ3) is 1.63. The lowest BCUT2D eigenvalue weighted by Crippen LogP contribution is -2.06. The molecule has 0 bridgehead atoms. The Bertz CT molecular complexity index is 338. The number of aryl methyl sites for hydroxylation is 1. The molecule has 0 aromatic carbocycles. The average Bonchev–Trinajstić information content (AvgIpc) is 2.65. The van der Waals surface area contributed by atoms with Gasteiger partial charge in [0.1, 0.15) is 6.61 Å². The summed E-state index contributed by atoms with van der Waals surface area (Å²) in [5.74, 6) is 0.798. The SMILES string of the molecule is CCc1nc(COC)nc2c1CNC2. The van der Waals surface area contributed by atoms with Gasteiger partial charge in [-0.05, 0) is 6.42 Å². The first kappa shape index (κ1) is 9.55. The maximum atomic E-state index is 5.04. The lowest BCUT2D eigenvalue weighted by molar-refractivity contribution is 0.177. The molecule has 1 aliphatic heterocycles. The summed E-state index contributed by atoms with van der Waals surface area (Å²) < 4.78 is 5.04. The summed E-state index contributed by atoms with van der Waals surface area (Å²) in [6, 6.07) is 0. The topological polar surface area (TPSA) is 47.0 Å². The minimum absolute atomic E-state index is 0.500. The van der Waals surface area contributed by atoms with Crippen LogP contribution in [0, 0.1) is 0 Å². The van der Waals surface area contributed by atoms with Crippen LogP contribution in [-0.4, -0.2) is 17.1 Å². The predicted molar refractivity (Wildman–Crippen MR) is 52.7 cm³/mol. The van der Waals surface area contributed by atoms with Crippen LogP contribution in [0.3, 0.4) is 0 Å². The van der Waals surface area contributed by atoms with Crippen LogP contribution in [0.1, 0.15) is 29.7 Å². The Hall–Kier alpha value is -1.00.